The van der Waals surface area contributed by atoms with Gasteiger partial charge in [-0.2, -0.15) is 0 Å². The zero-order valence-corrected chi connectivity index (χ0v) is 9.69. The second kappa shape index (κ2) is 5.27. The Morgan fingerprint density at radius 3 is 1.38 bits per heavy atom. The highest BCUT2D eigenvalue weighted by atomic mass is 16.4. The van der Waals surface area contributed by atoms with Crippen LogP contribution in [-0.4, -0.2) is 33.2 Å². The largest absolute Gasteiger partial charge is 0.481 e. The van der Waals surface area contributed by atoms with Crippen molar-refractivity contribution < 1.29 is 19.8 Å². The summed E-state index contributed by atoms with van der Waals surface area (Å²) in [5.74, 6) is -1.88. The minimum absolute atomic E-state index is 0.0765. The Kier molecular flexibility index (Phi) is 4.89. The first-order valence-corrected chi connectivity index (χ1v) is 5.10. The van der Waals surface area contributed by atoms with Gasteiger partial charge in [0, 0.05) is 23.9 Å². The van der Waals surface area contributed by atoms with Gasteiger partial charge in [0.05, 0.1) is 0 Å². The molecule has 6 heteroatoms. The third-order valence-electron chi connectivity index (χ3n) is 3.02. The minimum Gasteiger partial charge on any atom is -0.481 e. The molecule has 6 nitrogen and oxygen atoms in total. The van der Waals surface area contributed by atoms with E-state index in [2.05, 4.69) is 0 Å². The lowest BCUT2D eigenvalue weighted by molar-refractivity contribution is -0.139. The lowest BCUT2D eigenvalue weighted by Crippen LogP contribution is -2.62. The van der Waals surface area contributed by atoms with Crippen molar-refractivity contribution in [2.75, 3.05) is 0 Å². The van der Waals surface area contributed by atoms with Crippen molar-refractivity contribution in [3.63, 3.8) is 0 Å². The number of nitrogens with two attached hydrogens (primary N) is 2. The predicted molar refractivity (Wildman–Crippen MR) is 58.9 cm³/mol. The molecule has 16 heavy (non-hydrogen) atoms. The van der Waals surface area contributed by atoms with Crippen LogP contribution in [0, 0.1) is 0 Å². The molecule has 0 aliphatic heterocycles. The molecule has 2 unspecified atom stereocenters. The summed E-state index contributed by atoms with van der Waals surface area (Å²) in [6, 6.07) is 0. The lowest BCUT2D eigenvalue weighted by atomic mass is 9.75. The van der Waals surface area contributed by atoms with E-state index < -0.39 is 23.0 Å². The predicted octanol–water partition coefficient (Wildman–Crippen LogP) is 0.151. The molecule has 0 aliphatic rings. The molecule has 94 valence electrons. The Labute approximate surface area is 94.6 Å². The smallest absolute Gasteiger partial charge is 0.303 e. The molecule has 0 aromatic carbocycles. The highest BCUT2D eigenvalue weighted by molar-refractivity contribution is 5.67. The van der Waals surface area contributed by atoms with Gasteiger partial charge < -0.3 is 21.7 Å². The fraction of sp³-hybridized carbons (Fsp3) is 0.800. The average Bonchev–Trinajstić information content (AvgIpc) is 2.11. The number of carboxylic acids is 2. The van der Waals surface area contributed by atoms with Gasteiger partial charge in [-0.05, 0) is 26.7 Å². The van der Waals surface area contributed by atoms with E-state index in [0.717, 1.165) is 0 Å². The normalized spacial score (nSPS) is 18.5. The first kappa shape index (κ1) is 14.9. The van der Waals surface area contributed by atoms with Crippen LogP contribution >= 0.6 is 0 Å². The standard InChI is InChI=1S/C10H20N2O4/c1-9(11,5-3-7(13)14)10(2,12)6-4-8(15)16/h3-6,11-12H2,1-2H3,(H,13,14)(H,15,16). The Morgan fingerprint density at radius 2 is 1.19 bits per heavy atom. The monoisotopic (exact) mass is 232 g/mol. The Balaban J connectivity index is 4.44. The van der Waals surface area contributed by atoms with Gasteiger partial charge >= 0.3 is 11.9 Å². The van der Waals surface area contributed by atoms with E-state index in [1.165, 1.54) is 0 Å². The van der Waals surface area contributed by atoms with Crippen molar-refractivity contribution in [2.24, 2.45) is 11.5 Å². The number of carbonyl (C=O) groups is 2. The summed E-state index contributed by atoms with van der Waals surface area (Å²) in [4.78, 5) is 20.9. The van der Waals surface area contributed by atoms with E-state index in [9.17, 15) is 9.59 Å². The number of rotatable bonds is 7. The van der Waals surface area contributed by atoms with E-state index in [1.54, 1.807) is 13.8 Å². The SMILES string of the molecule is CC(N)(CCC(=O)O)C(C)(N)CCC(=O)O. The molecule has 0 aromatic heterocycles. The summed E-state index contributed by atoms with van der Waals surface area (Å²) in [6.45, 7) is 3.30. The highest BCUT2D eigenvalue weighted by Crippen LogP contribution is 2.26. The van der Waals surface area contributed by atoms with Crippen LogP contribution in [0.5, 0.6) is 0 Å². The first-order valence-electron chi connectivity index (χ1n) is 5.10. The van der Waals surface area contributed by atoms with Crippen molar-refractivity contribution in [3.05, 3.63) is 0 Å². The lowest BCUT2D eigenvalue weighted by Gasteiger charge is -2.41. The van der Waals surface area contributed by atoms with Crippen LogP contribution in [0.2, 0.25) is 0 Å². The zero-order chi connectivity index (χ0) is 13.0. The number of hydrogen-bond donors (Lipinski definition) is 4. The van der Waals surface area contributed by atoms with E-state index >= 15 is 0 Å². The molecular weight excluding hydrogens is 212 g/mol. The second-order valence-electron chi connectivity index (χ2n) is 4.62. The van der Waals surface area contributed by atoms with E-state index in [4.69, 9.17) is 21.7 Å². The van der Waals surface area contributed by atoms with Gasteiger partial charge in [-0.3, -0.25) is 9.59 Å². The van der Waals surface area contributed by atoms with Crippen molar-refractivity contribution in [3.8, 4) is 0 Å². The number of carboxylic acid groups (broad SMARTS) is 2. The molecule has 0 saturated heterocycles. The summed E-state index contributed by atoms with van der Waals surface area (Å²) in [7, 11) is 0. The van der Waals surface area contributed by atoms with Gasteiger partial charge in [-0.1, -0.05) is 0 Å². The molecule has 0 heterocycles. The summed E-state index contributed by atoms with van der Waals surface area (Å²) in [5, 5.41) is 17.1. The van der Waals surface area contributed by atoms with Crippen LogP contribution in [0.25, 0.3) is 0 Å². The molecule has 6 N–H and O–H groups in total. The van der Waals surface area contributed by atoms with Crippen molar-refractivity contribution >= 4 is 11.9 Å². The summed E-state index contributed by atoms with van der Waals surface area (Å²) >= 11 is 0. The molecule has 0 rings (SSSR count). The number of aliphatic carboxylic acids is 2. The molecular formula is C10H20N2O4. The number of hydrogen-bond acceptors (Lipinski definition) is 4. The van der Waals surface area contributed by atoms with E-state index in [1.807, 2.05) is 0 Å². The first-order chi connectivity index (χ1) is 7.08. The van der Waals surface area contributed by atoms with Crippen LogP contribution in [0.15, 0.2) is 0 Å². The third-order valence-corrected chi connectivity index (χ3v) is 3.02. The maximum Gasteiger partial charge on any atom is 0.303 e. The third kappa shape index (κ3) is 4.59. The van der Waals surface area contributed by atoms with Crippen LogP contribution in [0.1, 0.15) is 39.5 Å². The quantitative estimate of drug-likeness (QED) is 0.495. The van der Waals surface area contributed by atoms with Gasteiger partial charge in [-0.25, -0.2) is 0 Å². The van der Waals surface area contributed by atoms with Gasteiger partial charge in [0.2, 0.25) is 0 Å². The fourth-order valence-corrected chi connectivity index (χ4v) is 1.30. The van der Waals surface area contributed by atoms with Gasteiger partial charge in [0.1, 0.15) is 0 Å². The highest BCUT2D eigenvalue weighted by Gasteiger charge is 2.38. The Hall–Kier alpha value is -1.14. The van der Waals surface area contributed by atoms with Gasteiger partial charge in [0.15, 0.2) is 0 Å². The average molecular weight is 232 g/mol. The molecule has 0 fully saturated rings. The van der Waals surface area contributed by atoms with Crippen molar-refractivity contribution in [1.82, 2.24) is 0 Å². The second-order valence-corrected chi connectivity index (χ2v) is 4.62. The molecule has 0 bridgehead atoms. The Bertz CT molecular complexity index is 246. The Morgan fingerprint density at radius 1 is 0.938 bits per heavy atom. The zero-order valence-electron chi connectivity index (χ0n) is 9.69. The summed E-state index contributed by atoms with van der Waals surface area (Å²) in [5.41, 5.74) is 10.1. The van der Waals surface area contributed by atoms with Crippen LogP contribution in [0.4, 0.5) is 0 Å². The van der Waals surface area contributed by atoms with Gasteiger partial charge in [-0.15, -0.1) is 0 Å². The summed E-state index contributed by atoms with van der Waals surface area (Å²) in [6.07, 6.45) is 0.281. The van der Waals surface area contributed by atoms with Crippen molar-refractivity contribution in [1.29, 1.82) is 0 Å². The van der Waals surface area contributed by atoms with E-state index in [-0.39, 0.29) is 25.7 Å². The molecule has 0 saturated carbocycles. The van der Waals surface area contributed by atoms with Crippen LogP contribution < -0.4 is 11.5 Å². The molecule has 0 amide bonds. The van der Waals surface area contributed by atoms with Crippen LogP contribution in [-0.2, 0) is 9.59 Å². The maximum atomic E-state index is 10.4. The molecule has 2 atom stereocenters. The molecule has 0 aromatic rings. The molecule has 0 radical (unpaired) electrons. The maximum absolute atomic E-state index is 10.4. The van der Waals surface area contributed by atoms with Gasteiger partial charge in [0.25, 0.3) is 0 Å². The van der Waals surface area contributed by atoms with E-state index in [0.29, 0.717) is 0 Å². The topological polar surface area (TPSA) is 127 Å². The van der Waals surface area contributed by atoms with Crippen molar-refractivity contribution in [2.45, 2.75) is 50.6 Å². The summed E-state index contributed by atoms with van der Waals surface area (Å²) < 4.78 is 0. The van der Waals surface area contributed by atoms with Crippen LogP contribution in [0.3, 0.4) is 0 Å². The molecule has 0 aliphatic carbocycles. The minimum atomic E-state index is -0.939. The fourth-order valence-electron chi connectivity index (χ4n) is 1.30. The molecule has 0 spiro atoms.